The zero-order chi connectivity index (χ0) is 22.8. The van der Waals surface area contributed by atoms with Crippen molar-refractivity contribution in [3.05, 3.63) is 60.2 Å². The maximum Gasteiger partial charge on any atom is 0.317 e. The Morgan fingerprint density at radius 2 is 1.52 bits per heavy atom. The molecule has 164 valence electrons. The van der Waals surface area contributed by atoms with E-state index in [4.69, 9.17) is 5.11 Å². The zero-order valence-corrected chi connectivity index (χ0v) is 18.4. The summed E-state index contributed by atoms with van der Waals surface area (Å²) in [6.07, 6.45) is 0.163. The van der Waals surface area contributed by atoms with Gasteiger partial charge >= 0.3 is 11.9 Å². The Morgan fingerprint density at radius 1 is 0.903 bits per heavy atom. The summed E-state index contributed by atoms with van der Waals surface area (Å²) in [6, 6.07) is 16.4. The van der Waals surface area contributed by atoms with E-state index in [0.717, 1.165) is 28.5 Å². The smallest absolute Gasteiger partial charge is 0.317 e. The van der Waals surface area contributed by atoms with E-state index in [9.17, 15) is 24.3 Å². The first-order valence-corrected chi connectivity index (χ1v) is 11.5. The van der Waals surface area contributed by atoms with Crippen molar-refractivity contribution in [3.8, 4) is 11.1 Å². The SMILES string of the molecule is C[C@@H](NC(=O)CSCC(=O)O)C(=O)S[C@H](Cc1ccc(-c2ccccc2)cc1)C(=O)O. The van der Waals surface area contributed by atoms with Gasteiger partial charge in [0, 0.05) is 0 Å². The summed E-state index contributed by atoms with van der Waals surface area (Å²) >= 11 is 1.59. The van der Waals surface area contributed by atoms with E-state index in [1.807, 2.05) is 54.6 Å². The van der Waals surface area contributed by atoms with Gasteiger partial charge in [-0.2, -0.15) is 0 Å². The second kappa shape index (κ2) is 12.2. The van der Waals surface area contributed by atoms with Crippen LogP contribution in [0.4, 0.5) is 0 Å². The molecule has 1 amide bonds. The van der Waals surface area contributed by atoms with E-state index in [2.05, 4.69) is 5.32 Å². The highest BCUT2D eigenvalue weighted by Gasteiger charge is 2.26. The number of benzene rings is 2. The van der Waals surface area contributed by atoms with Crippen LogP contribution in [0.2, 0.25) is 0 Å². The molecule has 0 aliphatic carbocycles. The van der Waals surface area contributed by atoms with Gasteiger partial charge in [0.1, 0.15) is 5.25 Å². The first-order chi connectivity index (χ1) is 14.8. The van der Waals surface area contributed by atoms with Gasteiger partial charge in [0.2, 0.25) is 11.0 Å². The molecule has 0 aromatic heterocycles. The second-order valence-electron chi connectivity index (χ2n) is 6.71. The summed E-state index contributed by atoms with van der Waals surface area (Å²) in [5.74, 6) is -2.92. The third-order valence-corrected chi connectivity index (χ3v) is 6.36. The van der Waals surface area contributed by atoms with Gasteiger partial charge < -0.3 is 15.5 Å². The Labute approximate surface area is 188 Å². The maximum absolute atomic E-state index is 12.4. The number of carbonyl (C=O) groups is 4. The molecule has 2 atom stereocenters. The van der Waals surface area contributed by atoms with Crippen molar-refractivity contribution in [1.82, 2.24) is 5.32 Å². The van der Waals surface area contributed by atoms with Crippen LogP contribution in [-0.4, -0.2) is 56.0 Å². The Kier molecular flexibility index (Phi) is 9.61. The van der Waals surface area contributed by atoms with Gasteiger partial charge in [0.25, 0.3) is 0 Å². The quantitative estimate of drug-likeness (QED) is 0.467. The lowest BCUT2D eigenvalue weighted by molar-refractivity contribution is -0.136. The number of aliphatic carboxylic acids is 2. The number of hydrogen-bond acceptors (Lipinski definition) is 6. The summed E-state index contributed by atoms with van der Waals surface area (Å²) in [7, 11) is 0. The fraction of sp³-hybridized carbons (Fsp3) is 0.273. The molecule has 0 aliphatic rings. The van der Waals surface area contributed by atoms with E-state index in [1.165, 1.54) is 6.92 Å². The van der Waals surface area contributed by atoms with E-state index >= 15 is 0 Å². The number of carboxylic acids is 2. The molecule has 0 saturated carbocycles. The van der Waals surface area contributed by atoms with Gasteiger partial charge in [0.05, 0.1) is 17.5 Å². The van der Waals surface area contributed by atoms with Crippen molar-refractivity contribution in [2.24, 2.45) is 0 Å². The Hall–Kier alpha value is -2.78. The van der Waals surface area contributed by atoms with E-state index in [-0.39, 0.29) is 17.9 Å². The van der Waals surface area contributed by atoms with Crippen LogP contribution in [0.3, 0.4) is 0 Å². The predicted octanol–water partition coefficient (Wildman–Crippen LogP) is 2.93. The molecule has 0 aliphatic heterocycles. The number of carbonyl (C=O) groups excluding carboxylic acids is 2. The van der Waals surface area contributed by atoms with Gasteiger partial charge in [0.15, 0.2) is 0 Å². The fourth-order valence-corrected chi connectivity index (χ4v) is 4.14. The monoisotopic (exact) mass is 461 g/mol. The Balaban J connectivity index is 1.91. The average molecular weight is 462 g/mol. The van der Waals surface area contributed by atoms with E-state index in [0.29, 0.717) is 11.8 Å². The van der Waals surface area contributed by atoms with Crippen LogP contribution in [-0.2, 0) is 25.6 Å². The van der Waals surface area contributed by atoms with Crippen molar-refractivity contribution in [3.63, 3.8) is 0 Å². The Morgan fingerprint density at radius 3 is 2.10 bits per heavy atom. The maximum atomic E-state index is 12.4. The summed E-state index contributed by atoms with van der Waals surface area (Å²) in [4.78, 5) is 46.3. The third kappa shape index (κ3) is 8.47. The number of thioether (sulfide) groups is 2. The molecule has 9 heteroatoms. The van der Waals surface area contributed by atoms with Crippen LogP contribution in [0.15, 0.2) is 54.6 Å². The normalized spacial score (nSPS) is 12.5. The molecule has 0 unspecified atom stereocenters. The first kappa shape index (κ1) is 24.5. The third-order valence-electron chi connectivity index (χ3n) is 4.21. The molecular formula is C22H23NO6S2. The minimum absolute atomic E-state index is 0.0926. The van der Waals surface area contributed by atoms with Crippen LogP contribution in [0, 0.1) is 0 Å². The van der Waals surface area contributed by atoms with Gasteiger partial charge in [-0.3, -0.25) is 19.2 Å². The lowest BCUT2D eigenvalue weighted by Crippen LogP contribution is -2.39. The molecule has 7 nitrogen and oxygen atoms in total. The minimum Gasteiger partial charge on any atom is -0.481 e. The van der Waals surface area contributed by atoms with Gasteiger partial charge in [-0.15, -0.1) is 11.8 Å². The van der Waals surface area contributed by atoms with Crippen LogP contribution < -0.4 is 5.32 Å². The van der Waals surface area contributed by atoms with Crippen LogP contribution in [0.1, 0.15) is 12.5 Å². The predicted molar refractivity (Wildman–Crippen MR) is 122 cm³/mol. The molecule has 0 heterocycles. The second-order valence-corrected chi connectivity index (χ2v) is 8.90. The molecular weight excluding hydrogens is 438 g/mol. The standard InChI is InChI=1S/C22H23NO6S2/c1-14(23-19(24)12-30-13-20(25)26)22(29)31-18(21(27)28)11-15-7-9-17(10-8-15)16-5-3-2-4-6-16/h2-10,14,18H,11-13H2,1H3,(H,23,24)(H,25,26)(H,27,28)/t14-,18-/m1/s1. The van der Waals surface area contributed by atoms with Gasteiger partial charge in [-0.1, -0.05) is 66.4 Å². The molecule has 3 N–H and O–H groups in total. The highest BCUT2D eigenvalue weighted by molar-refractivity contribution is 8.14. The summed E-state index contributed by atoms with van der Waals surface area (Å²) < 4.78 is 0. The molecule has 0 radical (unpaired) electrons. The lowest BCUT2D eigenvalue weighted by atomic mass is 10.0. The van der Waals surface area contributed by atoms with Gasteiger partial charge in [-0.25, -0.2) is 0 Å². The average Bonchev–Trinajstić information content (AvgIpc) is 2.74. The summed E-state index contributed by atoms with van der Waals surface area (Å²) in [5.41, 5.74) is 2.85. The molecule has 31 heavy (non-hydrogen) atoms. The van der Waals surface area contributed by atoms with Crippen LogP contribution >= 0.6 is 23.5 Å². The topological polar surface area (TPSA) is 121 Å². The van der Waals surface area contributed by atoms with Crippen LogP contribution in [0.25, 0.3) is 11.1 Å². The molecule has 0 bridgehead atoms. The largest absolute Gasteiger partial charge is 0.481 e. The van der Waals surface area contributed by atoms with Crippen LogP contribution in [0.5, 0.6) is 0 Å². The van der Waals surface area contributed by atoms with Gasteiger partial charge in [-0.05, 0) is 30.0 Å². The van der Waals surface area contributed by atoms with Crippen molar-refractivity contribution < 1.29 is 29.4 Å². The van der Waals surface area contributed by atoms with Crippen molar-refractivity contribution in [2.75, 3.05) is 11.5 Å². The molecule has 0 fully saturated rings. The van der Waals surface area contributed by atoms with Crippen molar-refractivity contribution in [1.29, 1.82) is 0 Å². The number of amides is 1. The van der Waals surface area contributed by atoms with Crippen molar-refractivity contribution in [2.45, 2.75) is 24.6 Å². The fourth-order valence-electron chi connectivity index (χ4n) is 2.67. The molecule has 2 aromatic rings. The lowest BCUT2D eigenvalue weighted by Gasteiger charge is -2.16. The first-order valence-electron chi connectivity index (χ1n) is 9.43. The molecule has 2 aromatic carbocycles. The van der Waals surface area contributed by atoms with E-state index < -0.39 is 34.3 Å². The van der Waals surface area contributed by atoms with Crippen molar-refractivity contribution >= 4 is 46.5 Å². The zero-order valence-electron chi connectivity index (χ0n) is 16.8. The number of hydrogen-bond donors (Lipinski definition) is 3. The minimum atomic E-state index is -1.11. The molecule has 0 spiro atoms. The molecule has 2 rings (SSSR count). The Bertz CT molecular complexity index is 917. The number of rotatable bonds is 11. The van der Waals surface area contributed by atoms with E-state index in [1.54, 1.807) is 0 Å². The highest BCUT2D eigenvalue weighted by Crippen LogP contribution is 2.23. The number of carboxylic acid groups (broad SMARTS) is 2. The number of nitrogens with one attached hydrogen (secondary N) is 1. The summed E-state index contributed by atoms with van der Waals surface area (Å²) in [5, 5.41) is 19.1. The molecule has 0 saturated heterocycles. The highest BCUT2D eigenvalue weighted by atomic mass is 32.2. The summed E-state index contributed by atoms with van der Waals surface area (Å²) in [6.45, 7) is 1.47.